The topological polar surface area (TPSA) is 114 Å². The molecule has 0 aromatic heterocycles. The van der Waals surface area contributed by atoms with Crippen molar-refractivity contribution in [1.82, 2.24) is 10.0 Å². The van der Waals surface area contributed by atoms with Gasteiger partial charge < -0.3 is 15.4 Å². The molecule has 3 rings (SSSR count). The van der Waals surface area contributed by atoms with Gasteiger partial charge in [0.1, 0.15) is 22.5 Å². The number of likely N-dealkylation sites (N-methyl/N-ethyl adjacent to an activating group) is 1. The number of rotatable bonds is 11. The number of ether oxygens (including phenoxy) is 1. The zero-order valence-electron chi connectivity index (χ0n) is 19.0. The minimum Gasteiger partial charge on any atom is -0.484 e. The van der Waals surface area contributed by atoms with E-state index in [0.29, 0.717) is 23.5 Å². The molecule has 8 nitrogen and oxygen atoms in total. The Morgan fingerprint density at radius 1 is 0.971 bits per heavy atom. The van der Waals surface area contributed by atoms with Crippen LogP contribution in [0.3, 0.4) is 0 Å². The molecular weight excluding hydrogens is 473 g/mol. The summed E-state index contributed by atoms with van der Waals surface area (Å²) in [5.74, 6) is -1.50. The van der Waals surface area contributed by atoms with Crippen molar-refractivity contribution in [3.8, 4) is 5.75 Å². The number of nitrogens with one attached hydrogen (secondary N) is 3. The lowest BCUT2D eigenvalue weighted by Crippen LogP contribution is -2.45. The van der Waals surface area contributed by atoms with Gasteiger partial charge in [-0.3, -0.25) is 9.59 Å². The van der Waals surface area contributed by atoms with Crippen LogP contribution in [-0.2, 0) is 26.0 Å². The molecule has 1 unspecified atom stereocenters. The van der Waals surface area contributed by atoms with Crippen LogP contribution < -0.4 is 20.1 Å². The van der Waals surface area contributed by atoms with E-state index >= 15 is 0 Å². The molecule has 10 heteroatoms. The van der Waals surface area contributed by atoms with Crippen LogP contribution in [0, 0.1) is 5.82 Å². The van der Waals surface area contributed by atoms with Gasteiger partial charge >= 0.3 is 0 Å². The third-order valence-electron chi connectivity index (χ3n) is 4.87. The van der Waals surface area contributed by atoms with E-state index < -0.39 is 32.7 Å². The molecule has 3 aromatic carbocycles. The van der Waals surface area contributed by atoms with E-state index in [1.165, 1.54) is 18.2 Å². The fraction of sp³-hybridized carbons (Fsp3) is 0.200. The molecule has 0 saturated heterocycles. The van der Waals surface area contributed by atoms with Crippen LogP contribution in [-0.4, -0.2) is 39.4 Å². The molecule has 0 aliphatic carbocycles. The summed E-state index contributed by atoms with van der Waals surface area (Å²) < 4.78 is 47.7. The molecule has 35 heavy (non-hydrogen) atoms. The monoisotopic (exact) mass is 499 g/mol. The number of sulfonamides is 1. The second-order valence-electron chi connectivity index (χ2n) is 7.55. The predicted octanol–water partition coefficient (Wildman–Crippen LogP) is 2.87. The summed E-state index contributed by atoms with van der Waals surface area (Å²) >= 11 is 0. The van der Waals surface area contributed by atoms with E-state index in [9.17, 15) is 22.4 Å². The van der Waals surface area contributed by atoms with Gasteiger partial charge in [-0.15, -0.1) is 0 Å². The molecule has 184 valence electrons. The molecule has 0 saturated carbocycles. The normalized spacial score (nSPS) is 11.9. The smallest absolute Gasteiger partial charge is 0.257 e. The van der Waals surface area contributed by atoms with Crippen LogP contribution in [0.15, 0.2) is 83.8 Å². The number of hydrogen-bond donors (Lipinski definition) is 3. The van der Waals surface area contributed by atoms with Crippen molar-refractivity contribution >= 4 is 27.5 Å². The maximum absolute atomic E-state index is 14.2. The number of benzene rings is 3. The highest BCUT2D eigenvalue weighted by Gasteiger charge is 2.28. The first kappa shape index (κ1) is 25.9. The third-order valence-corrected chi connectivity index (χ3v) is 6.37. The lowest BCUT2D eigenvalue weighted by molar-refractivity contribution is -0.123. The Hall–Kier alpha value is -3.76. The van der Waals surface area contributed by atoms with Crippen molar-refractivity contribution in [2.45, 2.75) is 24.3 Å². The highest BCUT2D eigenvalue weighted by Crippen LogP contribution is 2.19. The van der Waals surface area contributed by atoms with Crippen LogP contribution in [0.25, 0.3) is 0 Å². The first-order chi connectivity index (χ1) is 16.8. The van der Waals surface area contributed by atoms with Crippen LogP contribution >= 0.6 is 0 Å². The number of anilines is 1. The fourth-order valence-electron chi connectivity index (χ4n) is 3.24. The predicted molar refractivity (Wildman–Crippen MR) is 130 cm³/mol. The van der Waals surface area contributed by atoms with Crippen LogP contribution in [0.4, 0.5) is 10.1 Å². The molecule has 0 fully saturated rings. The van der Waals surface area contributed by atoms with E-state index in [4.69, 9.17) is 4.74 Å². The molecule has 3 aromatic rings. The van der Waals surface area contributed by atoms with Crippen LogP contribution in [0.1, 0.15) is 12.5 Å². The molecule has 0 bridgehead atoms. The van der Waals surface area contributed by atoms with Crippen LogP contribution in [0.2, 0.25) is 0 Å². The second-order valence-corrected chi connectivity index (χ2v) is 9.24. The second kappa shape index (κ2) is 12.1. The molecule has 0 radical (unpaired) electrons. The minimum atomic E-state index is -4.33. The molecule has 0 heterocycles. The molecular formula is C25H26FN3O5S. The zero-order valence-corrected chi connectivity index (χ0v) is 19.8. The average molecular weight is 500 g/mol. The summed E-state index contributed by atoms with van der Waals surface area (Å²) in [5.41, 5.74) is 1.05. The van der Waals surface area contributed by atoms with Gasteiger partial charge in [0, 0.05) is 18.3 Å². The Bertz CT molecular complexity index is 1270. The third kappa shape index (κ3) is 7.62. The Kier molecular flexibility index (Phi) is 8.93. The van der Waals surface area contributed by atoms with E-state index in [1.807, 2.05) is 0 Å². The largest absolute Gasteiger partial charge is 0.484 e. The number of amides is 2. The Balaban J connectivity index is 1.79. The fourth-order valence-corrected chi connectivity index (χ4v) is 4.52. The zero-order chi connectivity index (χ0) is 25.3. The van der Waals surface area contributed by atoms with Crippen molar-refractivity contribution in [3.63, 3.8) is 0 Å². The molecule has 0 spiro atoms. The summed E-state index contributed by atoms with van der Waals surface area (Å²) in [7, 11) is -4.33. The molecule has 3 N–H and O–H groups in total. The number of carbonyl (C=O) groups is 2. The van der Waals surface area contributed by atoms with Crippen molar-refractivity contribution < 1.29 is 27.1 Å². The number of hydrogen-bond acceptors (Lipinski definition) is 5. The van der Waals surface area contributed by atoms with Crippen molar-refractivity contribution in [3.05, 3.63) is 90.2 Å². The number of carbonyl (C=O) groups excluding carboxylic acids is 2. The first-order valence-electron chi connectivity index (χ1n) is 10.9. The van der Waals surface area contributed by atoms with Gasteiger partial charge in [0.05, 0.1) is 0 Å². The van der Waals surface area contributed by atoms with Gasteiger partial charge in [0.2, 0.25) is 15.9 Å². The summed E-state index contributed by atoms with van der Waals surface area (Å²) in [6.07, 6.45) is 0.0355. The summed E-state index contributed by atoms with van der Waals surface area (Å²) in [5, 5.41) is 5.28. The first-order valence-corrected chi connectivity index (χ1v) is 12.4. The standard InChI is InChI=1S/C25H26FN3O5S/c1-2-27-24(30)17-34-20-12-8-11-19(16-20)28-25(31)22(15-18-9-4-3-5-10-18)29-35(32,33)23-14-7-6-13-21(23)26/h3-14,16,22,29H,2,15,17H2,1H3,(H,27,30)(H,28,31). The van der Waals surface area contributed by atoms with E-state index in [0.717, 1.165) is 12.1 Å². The maximum atomic E-state index is 14.2. The van der Waals surface area contributed by atoms with Crippen molar-refractivity contribution in [1.29, 1.82) is 0 Å². The highest BCUT2D eigenvalue weighted by atomic mass is 32.2. The summed E-state index contributed by atoms with van der Waals surface area (Å²) in [6.45, 7) is 2.08. The van der Waals surface area contributed by atoms with Gasteiger partial charge in [-0.25, -0.2) is 12.8 Å². The number of halogens is 1. The van der Waals surface area contributed by atoms with Gasteiger partial charge in [0.15, 0.2) is 6.61 Å². The van der Waals surface area contributed by atoms with Crippen molar-refractivity contribution in [2.75, 3.05) is 18.5 Å². The lowest BCUT2D eigenvalue weighted by Gasteiger charge is -2.19. The maximum Gasteiger partial charge on any atom is 0.257 e. The van der Waals surface area contributed by atoms with Gasteiger partial charge in [0.25, 0.3) is 5.91 Å². The molecule has 2 amide bonds. The highest BCUT2D eigenvalue weighted by molar-refractivity contribution is 7.89. The Labute approximate surface area is 203 Å². The van der Waals surface area contributed by atoms with Gasteiger partial charge in [-0.1, -0.05) is 48.5 Å². The van der Waals surface area contributed by atoms with E-state index in [1.54, 1.807) is 55.5 Å². The quantitative estimate of drug-likeness (QED) is 0.376. The summed E-state index contributed by atoms with van der Waals surface area (Å²) in [6, 6.07) is 18.9. The van der Waals surface area contributed by atoms with Crippen LogP contribution in [0.5, 0.6) is 5.75 Å². The molecule has 0 aliphatic heterocycles. The lowest BCUT2D eigenvalue weighted by atomic mass is 10.1. The van der Waals surface area contributed by atoms with Gasteiger partial charge in [-0.2, -0.15) is 4.72 Å². The van der Waals surface area contributed by atoms with Crippen molar-refractivity contribution in [2.24, 2.45) is 0 Å². The Morgan fingerprint density at radius 2 is 1.69 bits per heavy atom. The molecule has 0 aliphatic rings. The minimum absolute atomic E-state index is 0.0355. The average Bonchev–Trinajstić information content (AvgIpc) is 2.83. The Morgan fingerprint density at radius 3 is 2.40 bits per heavy atom. The van der Waals surface area contributed by atoms with Gasteiger partial charge in [-0.05, 0) is 43.2 Å². The SMILES string of the molecule is CCNC(=O)COc1cccc(NC(=O)C(Cc2ccccc2)NS(=O)(=O)c2ccccc2F)c1. The summed E-state index contributed by atoms with van der Waals surface area (Å²) in [4.78, 5) is 24.2. The van der Waals surface area contributed by atoms with E-state index in [2.05, 4.69) is 15.4 Å². The van der Waals surface area contributed by atoms with E-state index in [-0.39, 0.29) is 18.9 Å². The molecule has 1 atom stereocenters.